The lowest BCUT2D eigenvalue weighted by molar-refractivity contribution is 0.0692. The van der Waals surface area contributed by atoms with E-state index in [4.69, 9.17) is 9.47 Å². The zero-order valence-corrected chi connectivity index (χ0v) is 16.9. The van der Waals surface area contributed by atoms with Crippen LogP contribution < -0.4 is 9.47 Å². The Hall–Kier alpha value is -3.09. The highest BCUT2D eigenvalue weighted by Gasteiger charge is 2.28. The van der Waals surface area contributed by atoms with Gasteiger partial charge in [-0.05, 0) is 57.4 Å². The summed E-state index contributed by atoms with van der Waals surface area (Å²) in [6.07, 6.45) is 2.29. The van der Waals surface area contributed by atoms with E-state index in [1.807, 2.05) is 13.8 Å². The molecule has 0 bridgehead atoms. The molecule has 1 amide bonds. The Bertz CT molecular complexity index is 968. The maximum Gasteiger partial charge on any atom is 0.335 e. The van der Waals surface area contributed by atoms with Crippen LogP contribution in [-0.2, 0) is 6.42 Å². The van der Waals surface area contributed by atoms with E-state index in [0.717, 1.165) is 24.5 Å². The van der Waals surface area contributed by atoms with Gasteiger partial charge in [0.15, 0.2) is 0 Å². The number of hydrogen-bond acceptors (Lipinski definition) is 4. The maximum absolute atomic E-state index is 14.4. The minimum atomic E-state index is -1.11. The quantitative estimate of drug-likeness (QED) is 0.816. The molecule has 0 radical (unpaired) electrons. The predicted molar refractivity (Wildman–Crippen MR) is 106 cm³/mol. The molecule has 0 fully saturated rings. The summed E-state index contributed by atoms with van der Waals surface area (Å²) < 4.78 is 26.3. The van der Waals surface area contributed by atoms with Crippen LogP contribution in [0.1, 0.15) is 53.0 Å². The van der Waals surface area contributed by atoms with E-state index in [2.05, 4.69) is 0 Å². The molecule has 0 spiro atoms. The Morgan fingerprint density at radius 2 is 1.93 bits per heavy atom. The minimum Gasteiger partial charge on any atom is -0.487 e. The number of hydrogen-bond donors (Lipinski definition) is 1. The number of aromatic carboxylic acids is 1. The maximum atomic E-state index is 14.4. The number of benzene rings is 2. The van der Waals surface area contributed by atoms with Gasteiger partial charge in [-0.1, -0.05) is 0 Å². The number of carbonyl (C=O) groups excluding carboxylic acids is 1. The fourth-order valence-electron chi connectivity index (χ4n) is 3.31. The Morgan fingerprint density at radius 3 is 2.55 bits per heavy atom. The van der Waals surface area contributed by atoms with E-state index in [0.29, 0.717) is 17.9 Å². The minimum absolute atomic E-state index is 0.0244. The number of carboxylic acid groups (broad SMARTS) is 1. The fourth-order valence-corrected chi connectivity index (χ4v) is 3.31. The van der Waals surface area contributed by atoms with Gasteiger partial charge in [0.05, 0.1) is 11.1 Å². The van der Waals surface area contributed by atoms with Crippen LogP contribution in [0.2, 0.25) is 0 Å². The van der Waals surface area contributed by atoms with Crippen LogP contribution in [0.4, 0.5) is 4.39 Å². The molecule has 29 heavy (non-hydrogen) atoms. The summed E-state index contributed by atoms with van der Waals surface area (Å²) in [7, 11) is 3.08. The highest BCUT2D eigenvalue weighted by atomic mass is 19.1. The van der Waals surface area contributed by atoms with Crippen molar-refractivity contribution in [1.29, 1.82) is 0 Å². The van der Waals surface area contributed by atoms with Crippen molar-refractivity contribution >= 4 is 11.9 Å². The van der Waals surface area contributed by atoms with Crippen LogP contribution in [-0.4, -0.2) is 41.6 Å². The third-order valence-electron chi connectivity index (χ3n) is 4.81. The summed E-state index contributed by atoms with van der Waals surface area (Å²) in [5.41, 5.74) is 0.274. The normalized spacial score (nSPS) is 14.9. The van der Waals surface area contributed by atoms with Gasteiger partial charge in [0.2, 0.25) is 0 Å². The first kappa shape index (κ1) is 20.6. The molecular weight excluding hydrogens is 377 g/mol. The summed E-state index contributed by atoms with van der Waals surface area (Å²) in [5.74, 6) is -1.33. The topological polar surface area (TPSA) is 76.1 Å². The second kappa shape index (κ2) is 7.73. The number of rotatable bonds is 4. The van der Waals surface area contributed by atoms with Crippen LogP contribution in [0, 0.1) is 5.82 Å². The van der Waals surface area contributed by atoms with Gasteiger partial charge in [-0.2, -0.15) is 0 Å². The Labute approximate surface area is 168 Å². The van der Waals surface area contributed by atoms with Gasteiger partial charge >= 0.3 is 5.97 Å². The number of carbonyl (C=O) groups is 2. The Balaban J connectivity index is 2.01. The summed E-state index contributed by atoms with van der Waals surface area (Å²) in [6, 6.07) is 6.88. The number of fused-ring (bicyclic) bond motifs is 1. The molecular formula is C22H24FNO5. The van der Waals surface area contributed by atoms with Crippen molar-refractivity contribution < 1.29 is 28.6 Å². The summed E-state index contributed by atoms with van der Waals surface area (Å²) in [5, 5.41) is 9.46. The molecule has 3 rings (SSSR count). The monoisotopic (exact) mass is 401 g/mol. The third-order valence-corrected chi connectivity index (χ3v) is 4.81. The second-order valence-electron chi connectivity index (χ2n) is 7.91. The van der Waals surface area contributed by atoms with Gasteiger partial charge < -0.3 is 19.5 Å². The van der Waals surface area contributed by atoms with E-state index >= 15 is 0 Å². The lowest BCUT2D eigenvalue weighted by Crippen LogP contribution is -2.27. The lowest BCUT2D eigenvalue weighted by atomic mass is 10.00. The highest BCUT2D eigenvalue weighted by molar-refractivity contribution is 5.94. The van der Waals surface area contributed by atoms with Gasteiger partial charge in [0.25, 0.3) is 5.91 Å². The summed E-state index contributed by atoms with van der Waals surface area (Å²) >= 11 is 0. The molecule has 1 heterocycles. The molecule has 0 atom stereocenters. The van der Waals surface area contributed by atoms with Gasteiger partial charge in [0.1, 0.15) is 28.7 Å². The molecule has 0 saturated carbocycles. The fraction of sp³-hybridized carbons (Fsp3) is 0.364. The average molecular weight is 401 g/mol. The molecule has 7 heteroatoms. The van der Waals surface area contributed by atoms with E-state index < -0.39 is 23.3 Å². The van der Waals surface area contributed by atoms with Crippen molar-refractivity contribution in [2.24, 2.45) is 0 Å². The Morgan fingerprint density at radius 1 is 1.21 bits per heavy atom. The van der Waals surface area contributed by atoms with E-state index in [1.54, 1.807) is 14.1 Å². The van der Waals surface area contributed by atoms with Crippen LogP contribution in [0.3, 0.4) is 0 Å². The summed E-state index contributed by atoms with van der Waals surface area (Å²) in [6.45, 7) is 3.90. The second-order valence-corrected chi connectivity index (χ2v) is 7.91. The van der Waals surface area contributed by atoms with E-state index in [-0.39, 0.29) is 16.9 Å². The highest BCUT2D eigenvalue weighted by Crippen LogP contribution is 2.40. The molecule has 0 aliphatic carbocycles. The number of carboxylic acids is 1. The zero-order chi connectivity index (χ0) is 21.3. The van der Waals surface area contributed by atoms with E-state index in [1.165, 1.54) is 29.2 Å². The number of amides is 1. The molecule has 2 aromatic rings. The predicted octanol–water partition coefficient (Wildman–Crippen LogP) is 4.51. The molecule has 1 aliphatic heterocycles. The standard InChI is InChI=1S/C22H24FNO5/c1-22(2)9-5-6-16-18(10-13(21(26)27)11-19(16)29-22)28-14-7-8-15(17(23)12-14)20(25)24(3)4/h7-8,10-12H,5-6,9H2,1-4H3,(H,26,27). The molecule has 1 aliphatic rings. The Kier molecular flexibility index (Phi) is 5.50. The smallest absolute Gasteiger partial charge is 0.335 e. The van der Waals surface area contributed by atoms with Crippen LogP contribution in [0.25, 0.3) is 0 Å². The molecule has 0 saturated heterocycles. The van der Waals surface area contributed by atoms with Crippen LogP contribution in [0.15, 0.2) is 30.3 Å². The van der Waals surface area contributed by atoms with E-state index in [9.17, 15) is 19.1 Å². The molecule has 2 aromatic carbocycles. The molecule has 6 nitrogen and oxygen atoms in total. The van der Waals surface area contributed by atoms with Crippen molar-refractivity contribution in [1.82, 2.24) is 4.90 Å². The molecule has 0 unspecified atom stereocenters. The van der Waals surface area contributed by atoms with Gasteiger partial charge in [0, 0.05) is 25.7 Å². The van der Waals surface area contributed by atoms with Crippen molar-refractivity contribution in [2.45, 2.75) is 38.7 Å². The third kappa shape index (κ3) is 4.50. The molecule has 154 valence electrons. The number of nitrogens with zero attached hydrogens (tertiary/aromatic N) is 1. The van der Waals surface area contributed by atoms with Gasteiger partial charge in [-0.3, -0.25) is 4.79 Å². The first-order valence-corrected chi connectivity index (χ1v) is 9.36. The molecule has 1 N–H and O–H groups in total. The number of halogens is 1. The summed E-state index contributed by atoms with van der Waals surface area (Å²) in [4.78, 5) is 24.9. The first-order valence-electron chi connectivity index (χ1n) is 9.36. The largest absolute Gasteiger partial charge is 0.487 e. The number of ether oxygens (including phenoxy) is 2. The van der Waals surface area contributed by atoms with Crippen molar-refractivity contribution in [3.05, 3.63) is 52.8 Å². The van der Waals surface area contributed by atoms with Crippen LogP contribution in [0.5, 0.6) is 17.2 Å². The zero-order valence-electron chi connectivity index (χ0n) is 16.9. The average Bonchev–Trinajstić information content (AvgIpc) is 2.78. The van der Waals surface area contributed by atoms with Crippen molar-refractivity contribution in [3.8, 4) is 17.2 Å². The van der Waals surface area contributed by atoms with Crippen molar-refractivity contribution in [2.75, 3.05) is 14.1 Å². The lowest BCUT2D eigenvalue weighted by Gasteiger charge is -2.25. The first-order chi connectivity index (χ1) is 13.6. The van der Waals surface area contributed by atoms with Gasteiger partial charge in [-0.25, -0.2) is 9.18 Å². The van der Waals surface area contributed by atoms with Crippen LogP contribution >= 0.6 is 0 Å². The SMILES string of the molecule is CN(C)C(=O)c1ccc(Oc2cc(C(=O)O)cc3c2CCCC(C)(C)O3)cc1F. The van der Waals surface area contributed by atoms with Crippen molar-refractivity contribution in [3.63, 3.8) is 0 Å². The molecule has 0 aromatic heterocycles. The van der Waals surface area contributed by atoms with Gasteiger partial charge in [-0.15, -0.1) is 0 Å².